The Labute approximate surface area is 102 Å². The summed E-state index contributed by atoms with van der Waals surface area (Å²) in [7, 11) is 0. The first-order chi connectivity index (χ1) is 6.91. The Morgan fingerprint density at radius 3 is 2.20 bits per heavy atom. The number of halogens is 3. The van der Waals surface area contributed by atoms with Crippen molar-refractivity contribution in [3.63, 3.8) is 0 Å². The Balaban J connectivity index is 3.00. The molecule has 0 aromatic heterocycles. The topological polar surface area (TPSA) is 55.1 Å². The number of carbonyl (C=O) groups is 1. The van der Waals surface area contributed by atoms with Gasteiger partial charge in [-0.1, -0.05) is 34.8 Å². The lowest BCUT2D eigenvalue weighted by molar-refractivity contribution is -0.117. The predicted octanol–water partition coefficient (Wildman–Crippen LogP) is 2.93. The fourth-order valence-electron chi connectivity index (χ4n) is 0.899. The van der Waals surface area contributed by atoms with Crippen molar-refractivity contribution >= 4 is 46.4 Å². The first-order valence-corrected chi connectivity index (χ1v) is 5.26. The Bertz CT molecular complexity index is 370. The van der Waals surface area contributed by atoms with Crippen LogP contribution >= 0.6 is 34.8 Å². The third kappa shape index (κ3) is 3.24. The lowest BCUT2D eigenvalue weighted by atomic mass is 10.3. The number of nitrogens with one attached hydrogen (secondary N) is 1. The van der Waals surface area contributed by atoms with Crippen molar-refractivity contribution in [1.29, 1.82) is 0 Å². The molecule has 6 heteroatoms. The van der Waals surface area contributed by atoms with Crippen molar-refractivity contribution < 1.29 is 4.79 Å². The summed E-state index contributed by atoms with van der Waals surface area (Å²) in [6.07, 6.45) is 0. The molecule has 3 N–H and O–H groups in total. The van der Waals surface area contributed by atoms with Crippen LogP contribution in [0, 0.1) is 0 Å². The Hall–Kier alpha value is -0.480. The van der Waals surface area contributed by atoms with E-state index in [0.717, 1.165) is 0 Å². The molecule has 0 bridgehead atoms. The Morgan fingerprint density at radius 2 is 1.80 bits per heavy atom. The molecule has 1 atom stereocenters. The van der Waals surface area contributed by atoms with Crippen LogP contribution in [-0.2, 0) is 4.79 Å². The van der Waals surface area contributed by atoms with E-state index in [1.54, 1.807) is 6.92 Å². The van der Waals surface area contributed by atoms with Gasteiger partial charge in [-0.25, -0.2) is 0 Å². The van der Waals surface area contributed by atoms with E-state index in [1.807, 2.05) is 0 Å². The van der Waals surface area contributed by atoms with Crippen LogP contribution in [0.4, 0.5) is 5.69 Å². The average molecular weight is 268 g/mol. The summed E-state index contributed by atoms with van der Waals surface area (Å²) in [5, 5.41) is 3.48. The number of amides is 1. The van der Waals surface area contributed by atoms with Gasteiger partial charge in [0, 0.05) is 5.02 Å². The minimum atomic E-state index is -0.632. The monoisotopic (exact) mass is 266 g/mol. The van der Waals surface area contributed by atoms with Crippen LogP contribution in [0.5, 0.6) is 0 Å². The van der Waals surface area contributed by atoms with Crippen molar-refractivity contribution in [2.45, 2.75) is 13.0 Å². The molecule has 0 aliphatic rings. The molecular formula is C9H9Cl3N2O. The fourth-order valence-corrected chi connectivity index (χ4v) is 1.81. The highest BCUT2D eigenvalue weighted by atomic mass is 35.5. The molecule has 0 saturated carbocycles. The number of carbonyl (C=O) groups excluding carboxylic acids is 1. The molecule has 3 nitrogen and oxygen atoms in total. The second-order valence-corrected chi connectivity index (χ2v) is 4.27. The normalized spacial score (nSPS) is 12.3. The number of benzene rings is 1. The van der Waals surface area contributed by atoms with Crippen molar-refractivity contribution in [2.24, 2.45) is 5.73 Å². The van der Waals surface area contributed by atoms with Gasteiger partial charge in [0.05, 0.1) is 21.8 Å². The van der Waals surface area contributed by atoms with Crippen molar-refractivity contribution in [1.82, 2.24) is 0 Å². The van der Waals surface area contributed by atoms with E-state index < -0.39 is 6.04 Å². The number of nitrogens with two attached hydrogens (primary N) is 1. The summed E-state index contributed by atoms with van der Waals surface area (Å²) in [5.74, 6) is -0.360. The van der Waals surface area contributed by atoms with Gasteiger partial charge in [0.2, 0.25) is 5.91 Å². The molecule has 0 heterocycles. The first kappa shape index (κ1) is 12.6. The highest BCUT2D eigenvalue weighted by Gasteiger charge is 2.13. The second kappa shape index (κ2) is 5.03. The van der Waals surface area contributed by atoms with Crippen LogP contribution < -0.4 is 11.1 Å². The summed E-state index contributed by atoms with van der Waals surface area (Å²) >= 11 is 17.4. The standard InChI is InChI=1S/C9H9Cl3N2O/c1-4(13)9(15)14-8-6(11)2-5(10)3-7(8)12/h2-4H,13H2,1H3,(H,14,15). The molecule has 0 saturated heterocycles. The predicted molar refractivity (Wildman–Crippen MR) is 63.8 cm³/mol. The van der Waals surface area contributed by atoms with E-state index in [0.29, 0.717) is 10.7 Å². The third-order valence-electron chi connectivity index (χ3n) is 1.67. The lowest BCUT2D eigenvalue weighted by Crippen LogP contribution is -2.32. The zero-order valence-electron chi connectivity index (χ0n) is 7.85. The summed E-state index contributed by atoms with van der Waals surface area (Å²) in [6.45, 7) is 1.56. The van der Waals surface area contributed by atoms with Gasteiger partial charge in [-0.15, -0.1) is 0 Å². The van der Waals surface area contributed by atoms with Crippen molar-refractivity contribution in [3.8, 4) is 0 Å². The highest BCUT2D eigenvalue weighted by molar-refractivity contribution is 6.42. The number of hydrogen-bond acceptors (Lipinski definition) is 2. The molecule has 0 spiro atoms. The smallest absolute Gasteiger partial charge is 0.241 e. The van der Waals surface area contributed by atoms with Crippen LogP contribution in [0.1, 0.15) is 6.92 Å². The molecule has 1 unspecified atom stereocenters. The molecule has 1 rings (SSSR count). The maximum atomic E-state index is 11.3. The van der Waals surface area contributed by atoms with Crippen molar-refractivity contribution in [3.05, 3.63) is 27.2 Å². The number of rotatable bonds is 2. The zero-order valence-corrected chi connectivity index (χ0v) is 10.1. The van der Waals surface area contributed by atoms with E-state index in [9.17, 15) is 4.79 Å². The quantitative estimate of drug-likeness (QED) is 0.865. The van der Waals surface area contributed by atoms with E-state index in [2.05, 4.69) is 5.32 Å². The summed E-state index contributed by atoms with van der Waals surface area (Å²) < 4.78 is 0. The van der Waals surface area contributed by atoms with E-state index in [-0.39, 0.29) is 16.0 Å². The number of hydrogen-bond donors (Lipinski definition) is 2. The van der Waals surface area contributed by atoms with Crippen LogP contribution in [0.15, 0.2) is 12.1 Å². The molecule has 0 fully saturated rings. The molecule has 15 heavy (non-hydrogen) atoms. The maximum absolute atomic E-state index is 11.3. The lowest BCUT2D eigenvalue weighted by Gasteiger charge is -2.11. The zero-order chi connectivity index (χ0) is 11.6. The molecule has 0 aliphatic carbocycles. The molecular weight excluding hydrogens is 258 g/mol. The Morgan fingerprint density at radius 1 is 1.33 bits per heavy atom. The summed E-state index contributed by atoms with van der Waals surface area (Å²) in [6, 6.07) is 2.35. The van der Waals surface area contributed by atoms with Gasteiger partial charge in [0.25, 0.3) is 0 Å². The fraction of sp³-hybridized carbons (Fsp3) is 0.222. The molecule has 1 aromatic carbocycles. The van der Waals surface area contributed by atoms with Crippen LogP contribution in [0.2, 0.25) is 15.1 Å². The van der Waals surface area contributed by atoms with Crippen molar-refractivity contribution in [2.75, 3.05) is 5.32 Å². The van der Waals surface area contributed by atoms with Crippen LogP contribution in [-0.4, -0.2) is 11.9 Å². The van der Waals surface area contributed by atoms with Crippen LogP contribution in [0.25, 0.3) is 0 Å². The van der Waals surface area contributed by atoms with Gasteiger partial charge in [-0.3, -0.25) is 4.79 Å². The second-order valence-electron chi connectivity index (χ2n) is 3.02. The molecule has 82 valence electrons. The van der Waals surface area contributed by atoms with Gasteiger partial charge in [0.1, 0.15) is 0 Å². The minimum absolute atomic E-state index is 0.279. The molecule has 0 radical (unpaired) electrons. The Kier molecular flexibility index (Phi) is 4.22. The first-order valence-electron chi connectivity index (χ1n) is 4.13. The van der Waals surface area contributed by atoms with E-state index >= 15 is 0 Å². The molecule has 1 aromatic rings. The maximum Gasteiger partial charge on any atom is 0.241 e. The van der Waals surface area contributed by atoms with Gasteiger partial charge in [0.15, 0.2) is 0 Å². The van der Waals surface area contributed by atoms with E-state index in [1.165, 1.54) is 12.1 Å². The largest absolute Gasteiger partial charge is 0.322 e. The summed E-state index contributed by atoms with van der Waals surface area (Å²) in [5.41, 5.74) is 5.71. The van der Waals surface area contributed by atoms with Gasteiger partial charge >= 0.3 is 0 Å². The minimum Gasteiger partial charge on any atom is -0.322 e. The number of anilines is 1. The average Bonchev–Trinajstić information content (AvgIpc) is 2.10. The van der Waals surface area contributed by atoms with Crippen LogP contribution in [0.3, 0.4) is 0 Å². The SMILES string of the molecule is CC(N)C(=O)Nc1c(Cl)cc(Cl)cc1Cl. The van der Waals surface area contributed by atoms with Gasteiger partial charge in [-0.2, -0.15) is 0 Å². The third-order valence-corrected chi connectivity index (χ3v) is 2.48. The summed E-state index contributed by atoms with van der Waals surface area (Å²) in [4.78, 5) is 11.3. The highest BCUT2D eigenvalue weighted by Crippen LogP contribution is 2.33. The molecule has 1 amide bonds. The van der Waals surface area contributed by atoms with Gasteiger partial charge < -0.3 is 11.1 Å². The molecule has 0 aliphatic heterocycles. The van der Waals surface area contributed by atoms with Gasteiger partial charge in [-0.05, 0) is 19.1 Å². The van der Waals surface area contributed by atoms with E-state index in [4.69, 9.17) is 40.5 Å².